The summed E-state index contributed by atoms with van der Waals surface area (Å²) in [6.07, 6.45) is -0.291. The van der Waals surface area contributed by atoms with Crippen LogP contribution in [-0.2, 0) is 4.74 Å². The van der Waals surface area contributed by atoms with Gasteiger partial charge in [0.2, 0.25) is 11.7 Å². The maximum absolute atomic E-state index is 12.2. The van der Waals surface area contributed by atoms with Crippen LogP contribution in [0.3, 0.4) is 0 Å². The van der Waals surface area contributed by atoms with Crippen LogP contribution in [0.2, 0.25) is 0 Å². The molecule has 0 radical (unpaired) electrons. The lowest BCUT2D eigenvalue weighted by atomic mass is 10.2. The summed E-state index contributed by atoms with van der Waals surface area (Å²) in [6, 6.07) is 1.73. The van der Waals surface area contributed by atoms with Crippen molar-refractivity contribution in [3.63, 3.8) is 0 Å². The van der Waals surface area contributed by atoms with Gasteiger partial charge in [-0.25, -0.2) is 9.78 Å². The molecule has 3 rings (SSSR count). The molecule has 0 spiro atoms. The molecule has 0 aliphatic carbocycles. The fraction of sp³-hybridized carbons (Fsp3) is 0.550. The smallest absolute Gasteiger partial charge is 0.409 e. The number of methoxy groups -OCH3 is 3. The third-order valence-corrected chi connectivity index (χ3v) is 4.87. The van der Waals surface area contributed by atoms with Crippen molar-refractivity contribution in [2.75, 3.05) is 64.7 Å². The largest absolute Gasteiger partial charge is 0.493 e. The molecule has 10 nitrogen and oxygen atoms in total. The van der Waals surface area contributed by atoms with Crippen LogP contribution in [0.4, 0.5) is 16.6 Å². The summed E-state index contributed by atoms with van der Waals surface area (Å²) in [6.45, 7) is 6.59. The van der Waals surface area contributed by atoms with E-state index in [0.29, 0.717) is 78.6 Å². The number of anilines is 2. The van der Waals surface area contributed by atoms with Crippen molar-refractivity contribution in [2.24, 2.45) is 5.92 Å². The van der Waals surface area contributed by atoms with E-state index in [1.165, 1.54) is 14.2 Å². The number of fused-ring (bicyclic) bond motifs is 1. The number of hydrogen-bond donors (Lipinski definition) is 1. The van der Waals surface area contributed by atoms with Gasteiger partial charge < -0.3 is 34.5 Å². The number of aromatic nitrogens is 2. The number of ether oxygens (including phenoxy) is 4. The normalized spacial score (nSPS) is 14.2. The lowest BCUT2D eigenvalue weighted by molar-refractivity contribution is 0.0900. The molecule has 0 bridgehead atoms. The number of carbonyl (C=O) groups excluding carboxylic acids is 1. The first-order chi connectivity index (χ1) is 14.4. The molecule has 2 N–H and O–H groups in total. The van der Waals surface area contributed by atoms with E-state index < -0.39 is 0 Å². The van der Waals surface area contributed by atoms with Gasteiger partial charge in [-0.2, -0.15) is 4.98 Å². The van der Waals surface area contributed by atoms with Gasteiger partial charge in [-0.05, 0) is 12.0 Å². The average molecular weight is 419 g/mol. The lowest BCUT2D eigenvalue weighted by Crippen LogP contribution is -2.49. The van der Waals surface area contributed by atoms with Gasteiger partial charge in [0.05, 0.1) is 33.3 Å². The number of nitrogens with two attached hydrogens (primary N) is 1. The van der Waals surface area contributed by atoms with Gasteiger partial charge in [-0.3, -0.25) is 0 Å². The Labute approximate surface area is 175 Å². The summed E-state index contributed by atoms with van der Waals surface area (Å²) in [5, 5.41) is 0.615. The van der Waals surface area contributed by atoms with Crippen LogP contribution in [0.5, 0.6) is 17.2 Å². The molecule has 0 atom stereocenters. The maximum atomic E-state index is 12.2. The van der Waals surface area contributed by atoms with E-state index in [1.807, 2.05) is 18.7 Å². The Kier molecular flexibility index (Phi) is 6.53. The molecule has 1 fully saturated rings. The Balaban J connectivity index is 1.85. The van der Waals surface area contributed by atoms with E-state index in [-0.39, 0.29) is 6.09 Å². The zero-order chi connectivity index (χ0) is 21.8. The van der Waals surface area contributed by atoms with E-state index in [0.717, 1.165) is 0 Å². The Bertz CT molecular complexity index is 912. The van der Waals surface area contributed by atoms with Crippen LogP contribution in [-0.4, -0.2) is 75.1 Å². The molecule has 10 heteroatoms. The van der Waals surface area contributed by atoms with Crippen molar-refractivity contribution >= 4 is 28.8 Å². The predicted octanol–water partition coefficient (Wildman–Crippen LogP) is 2.15. The van der Waals surface area contributed by atoms with Crippen molar-refractivity contribution in [1.29, 1.82) is 0 Å². The third kappa shape index (κ3) is 4.22. The number of piperazine rings is 1. The molecule has 1 aromatic heterocycles. The fourth-order valence-electron chi connectivity index (χ4n) is 3.30. The van der Waals surface area contributed by atoms with Gasteiger partial charge in [0.15, 0.2) is 11.5 Å². The minimum absolute atomic E-state index is 0.291. The van der Waals surface area contributed by atoms with E-state index in [2.05, 4.69) is 9.97 Å². The van der Waals surface area contributed by atoms with Crippen molar-refractivity contribution in [1.82, 2.24) is 14.9 Å². The Morgan fingerprint density at radius 1 is 1.07 bits per heavy atom. The highest BCUT2D eigenvalue weighted by molar-refractivity contribution is 5.97. The molecular weight excluding hydrogens is 390 g/mol. The number of rotatable bonds is 6. The van der Waals surface area contributed by atoms with E-state index >= 15 is 0 Å². The number of amides is 1. The second-order valence-electron chi connectivity index (χ2n) is 7.40. The lowest BCUT2D eigenvalue weighted by Gasteiger charge is -2.34. The highest BCUT2D eigenvalue weighted by atomic mass is 16.6. The second-order valence-corrected chi connectivity index (χ2v) is 7.40. The molecule has 1 aliphatic heterocycles. The quantitative estimate of drug-likeness (QED) is 0.752. The number of carbonyl (C=O) groups is 1. The van der Waals surface area contributed by atoms with Gasteiger partial charge >= 0.3 is 6.09 Å². The Hall–Kier alpha value is -3.17. The number of benzene rings is 1. The van der Waals surface area contributed by atoms with Crippen LogP contribution in [0.25, 0.3) is 10.9 Å². The third-order valence-electron chi connectivity index (χ3n) is 4.87. The number of nitrogen functional groups attached to an aromatic ring is 1. The molecule has 164 valence electrons. The van der Waals surface area contributed by atoms with Crippen LogP contribution in [0.15, 0.2) is 6.07 Å². The zero-order valence-corrected chi connectivity index (χ0v) is 18.1. The van der Waals surface area contributed by atoms with Crippen LogP contribution < -0.4 is 24.8 Å². The molecule has 2 heterocycles. The Morgan fingerprint density at radius 2 is 1.73 bits per heavy atom. The molecule has 1 aromatic carbocycles. The number of nitrogens with zero attached hydrogens (tertiary/aromatic N) is 4. The molecule has 1 saturated heterocycles. The summed E-state index contributed by atoms with van der Waals surface area (Å²) in [7, 11) is 4.62. The second kappa shape index (κ2) is 9.10. The standard InChI is InChI=1S/C20H29N5O5/c1-12(2)11-30-20(26)25-8-6-24(7-9-25)19-22-15-13(18(21)23-19)10-14(27-3)16(28-4)17(15)29-5/h10,12H,6-9,11H2,1-5H3,(H2,21,22,23). The molecule has 1 amide bonds. The minimum atomic E-state index is -0.291. The average Bonchev–Trinajstić information content (AvgIpc) is 2.76. The number of hydrogen-bond acceptors (Lipinski definition) is 9. The minimum Gasteiger partial charge on any atom is -0.493 e. The van der Waals surface area contributed by atoms with Crippen molar-refractivity contribution < 1.29 is 23.7 Å². The first-order valence-corrected chi connectivity index (χ1v) is 9.82. The van der Waals surface area contributed by atoms with Crippen LogP contribution in [0.1, 0.15) is 13.8 Å². The summed E-state index contributed by atoms with van der Waals surface area (Å²) < 4.78 is 21.7. The SMILES string of the molecule is COc1cc2c(N)nc(N3CCN(C(=O)OCC(C)C)CC3)nc2c(OC)c1OC. The monoisotopic (exact) mass is 419 g/mol. The molecular formula is C20H29N5O5. The first-order valence-electron chi connectivity index (χ1n) is 9.82. The first kappa shape index (κ1) is 21.5. The van der Waals surface area contributed by atoms with E-state index in [1.54, 1.807) is 18.1 Å². The molecule has 1 aliphatic rings. The molecule has 30 heavy (non-hydrogen) atoms. The van der Waals surface area contributed by atoms with Crippen molar-refractivity contribution in [2.45, 2.75) is 13.8 Å². The highest BCUT2D eigenvalue weighted by Crippen LogP contribution is 2.44. The maximum Gasteiger partial charge on any atom is 0.409 e. The van der Waals surface area contributed by atoms with E-state index in [9.17, 15) is 4.79 Å². The highest BCUT2D eigenvalue weighted by Gasteiger charge is 2.26. The summed E-state index contributed by atoms with van der Waals surface area (Å²) in [5.41, 5.74) is 6.77. The van der Waals surface area contributed by atoms with Gasteiger partial charge in [0, 0.05) is 26.2 Å². The Morgan fingerprint density at radius 3 is 2.30 bits per heavy atom. The predicted molar refractivity (Wildman–Crippen MR) is 114 cm³/mol. The summed E-state index contributed by atoms with van der Waals surface area (Å²) in [4.78, 5) is 25.0. The summed E-state index contributed by atoms with van der Waals surface area (Å²) >= 11 is 0. The van der Waals surface area contributed by atoms with E-state index in [4.69, 9.17) is 24.7 Å². The topological polar surface area (TPSA) is 112 Å². The van der Waals surface area contributed by atoms with Crippen LogP contribution in [0, 0.1) is 5.92 Å². The molecule has 0 unspecified atom stereocenters. The van der Waals surface area contributed by atoms with Gasteiger partial charge in [-0.1, -0.05) is 13.8 Å². The zero-order valence-electron chi connectivity index (χ0n) is 18.1. The van der Waals surface area contributed by atoms with Gasteiger partial charge in [-0.15, -0.1) is 0 Å². The van der Waals surface area contributed by atoms with Gasteiger partial charge in [0.1, 0.15) is 11.3 Å². The summed E-state index contributed by atoms with van der Waals surface area (Å²) in [5.74, 6) is 2.44. The van der Waals surface area contributed by atoms with Crippen molar-refractivity contribution in [3.05, 3.63) is 6.07 Å². The molecule has 2 aromatic rings. The van der Waals surface area contributed by atoms with Crippen molar-refractivity contribution in [3.8, 4) is 17.2 Å². The fourth-order valence-corrected chi connectivity index (χ4v) is 3.30. The van der Waals surface area contributed by atoms with Gasteiger partial charge in [0.25, 0.3) is 0 Å². The molecule has 0 saturated carbocycles. The van der Waals surface area contributed by atoms with Crippen LogP contribution >= 0.6 is 0 Å².